The molecule has 29 heavy (non-hydrogen) atoms. The molecule has 0 radical (unpaired) electrons. The van der Waals surface area contributed by atoms with Gasteiger partial charge in [0.1, 0.15) is 12.4 Å². The zero-order chi connectivity index (χ0) is 21.0. The molecule has 3 aromatic rings. The molecule has 152 valence electrons. The fourth-order valence-corrected chi connectivity index (χ4v) is 3.67. The van der Waals surface area contributed by atoms with Crippen molar-refractivity contribution in [1.29, 1.82) is 0 Å². The van der Waals surface area contributed by atoms with E-state index in [1.165, 1.54) is 16.4 Å². The van der Waals surface area contributed by atoms with Crippen LogP contribution in [0.1, 0.15) is 22.5 Å². The molecule has 1 amide bonds. The number of aromatic nitrogens is 3. The van der Waals surface area contributed by atoms with Gasteiger partial charge in [-0.3, -0.25) is 4.79 Å². The van der Waals surface area contributed by atoms with Crippen LogP contribution in [0.4, 0.5) is 5.69 Å². The van der Waals surface area contributed by atoms with Gasteiger partial charge in [0.05, 0.1) is 5.75 Å². The van der Waals surface area contributed by atoms with Crippen molar-refractivity contribution >= 4 is 35.0 Å². The highest BCUT2D eigenvalue weighted by Crippen LogP contribution is 2.23. The number of halogens is 1. The monoisotopic (exact) mass is 431 g/mol. The molecule has 2 aromatic carbocycles. The zero-order valence-electron chi connectivity index (χ0n) is 16.4. The smallest absolute Gasteiger partial charge is 0.234 e. The predicted octanol–water partition coefficient (Wildman–Crippen LogP) is 3.88. The second-order valence-electron chi connectivity index (χ2n) is 6.62. The van der Waals surface area contributed by atoms with Gasteiger partial charge in [0.2, 0.25) is 11.1 Å². The minimum atomic E-state index is -0.132. The lowest BCUT2D eigenvalue weighted by Crippen LogP contribution is -2.18. The number of nitrogens with two attached hydrogens (primary N) is 1. The van der Waals surface area contributed by atoms with Gasteiger partial charge in [-0.1, -0.05) is 41.1 Å². The number of ether oxygens (including phenoxy) is 1. The molecular formula is C20H22ClN5O2S. The first-order valence-electron chi connectivity index (χ1n) is 8.91. The summed E-state index contributed by atoms with van der Waals surface area (Å²) in [5.74, 6) is 7.17. The molecule has 0 saturated carbocycles. The average molecular weight is 432 g/mol. The Labute approximate surface area is 178 Å². The Morgan fingerprint density at radius 1 is 1.17 bits per heavy atom. The number of thioether (sulfide) groups is 1. The Morgan fingerprint density at radius 3 is 2.48 bits per heavy atom. The molecule has 9 heteroatoms. The van der Waals surface area contributed by atoms with Crippen molar-refractivity contribution in [2.75, 3.05) is 16.9 Å². The van der Waals surface area contributed by atoms with Crippen LogP contribution in [0.5, 0.6) is 5.75 Å². The summed E-state index contributed by atoms with van der Waals surface area (Å²) in [6, 6.07) is 11.1. The van der Waals surface area contributed by atoms with E-state index < -0.39 is 0 Å². The van der Waals surface area contributed by atoms with Gasteiger partial charge in [-0.05, 0) is 56.2 Å². The van der Waals surface area contributed by atoms with E-state index in [0.29, 0.717) is 21.8 Å². The standard InChI is InChI=1S/C20H22ClN5O2S/c1-12-8-13(2)19(14(3)9-12)23-18(27)11-29-20-25-24-17(26(20)22)10-28-16-6-4-15(21)5-7-16/h4-9H,10-11,22H2,1-3H3,(H,23,27). The van der Waals surface area contributed by atoms with Crippen LogP contribution < -0.4 is 15.9 Å². The number of anilines is 1. The number of hydrogen-bond donors (Lipinski definition) is 2. The molecule has 0 aliphatic heterocycles. The van der Waals surface area contributed by atoms with Gasteiger partial charge >= 0.3 is 0 Å². The number of hydrogen-bond acceptors (Lipinski definition) is 6. The third-order valence-corrected chi connectivity index (χ3v) is 5.39. The summed E-state index contributed by atoms with van der Waals surface area (Å²) in [7, 11) is 0. The molecule has 1 aromatic heterocycles. The molecule has 7 nitrogen and oxygen atoms in total. The second-order valence-corrected chi connectivity index (χ2v) is 8.00. The van der Waals surface area contributed by atoms with Gasteiger partial charge in [-0.15, -0.1) is 10.2 Å². The quantitative estimate of drug-likeness (QED) is 0.435. The molecular weight excluding hydrogens is 410 g/mol. The van der Waals surface area contributed by atoms with E-state index in [4.69, 9.17) is 22.2 Å². The van der Waals surface area contributed by atoms with Crippen molar-refractivity contribution in [2.24, 2.45) is 0 Å². The molecule has 0 fully saturated rings. The van der Waals surface area contributed by atoms with Gasteiger partial charge in [0.15, 0.2) is 5.82 Å². The average Bonchev–Trinajstić information content (AvgIpc) is 3.02. The van der Waals surface area contributed by atoms with Crippen molar-refractivity contribution in [2.45, 2.75) is 32.5 Å². The molecule has 0 bridgehead atoms. The first-order valence-corrected chi connectivity index (χ1v) is 10.3. The minimum Gasteiger partial charge on any atom is -0.486 e. The third-order valence-electron chi connectivity index (χ3n) is 4.19. The Kier molecular flexibility index (Phi) is 6.66. The molecule has 0 aliphatic rings. The van der Waals surface area contributed by atoms with Crippen LogP contribution in [0.15, 0.2) is 41.6 Å². The van der Waals surface area contributed by atoms with Crippen LogP contribution in [0, 0.1) is 20.8 Å². The van der Waals surface area contributed by atoms with E-state index in [2.05, 4.69) is 15.5 Å². The maximum Gasteiger partial charge on any atom is 0.234 e. The third kappa shape index (κ3) is 5.42. The Balaban J connectivity index is 1.56. The minimum absolute atomic E-state index is 0.132. The summed E-state index contributed by atoms with van der Waals surface area (Å²) in [4.78, 5) is 12.4. The van der Waals surface area contributed by atoms with E-state index in [1.807, 2.05) is 32.9 Å². The fourth-order valence-electron chi connectivity index (χ4n) is 2.87. The number of carbonyl (C=O) groups is 1. The lowest BCUT2D eigenvalue weighted by molar-refractivity contribution is -0.113. The van der Waals surface area contributed by atoms with Crippen LogP contribution in [0.3, 0.4) is 0 Å². The largest absolute Gasteiger partial charge is 0.486 e. The highest BCUT2D eigenvalue weighted by molar-refractivity contribution is 7.99. The number of aryl methyl sites for hydroxylation is 3. The van der Waals surface area contributed by atoms with Gasteiger partial charge in [-0.2, -0.15) is 0 Å². The van der Waals surface area contributed by atoms with Crippen LogP contribution in [-0.2, 0) is 11.4 Å². The van der Waals surface area contributed by atoms with Crippen molar-refractivity contribution in [3.63, 3.8) is 0 Å². The van der Waals surface area contributed by atoms with Gasteiger partial charge in [-0.25, -0.2) is 4.68 Å². The normalized spacial score (nSPS) is 10.8. The van der Waals surface area contributed by atoms with E-state index in [1.54, 1.807) is 24.3 Å². The number of carbonyl (C=O) groups excluding carboxylic acids is 1. The number of amides is 1. The molecule has 0 atom stereocenters. The topological polar surface area (TPSA) is 95.1 Å². The maximum atomic E-state index is 12.4. The maximum absolute atomic E-state index is 12.4. The molecule has 0 aliphatic carbocycles. The summed E-state index contributed by atoms with van der Waals surface area (Å²) < 4.78 is 6.96. The Morgan fingerprint density at radius 2 is 1.83 bits per heavy atom. The molecule has 0 spiro atoms. The van der Waals surface area contributed by atoms with Crippen molar-refractivity contribution in [3.8, 4) is 5.75 Å². The van der Waals surface area contributed by atoms with Gasteiger partial charge in [0, 0.05) is 10.7 Å². The van der Waals surface area contributed by atoms with E-state index in [9.17, 15) is 4.79 Å². The van der Waals surface area contributed by atoms with Gasteiger partial charge < -0.3 is 15.9 Å². The van der Waals surface area contributed by atoms with Crippen LogP contribution in [0.2, 0.25) is 5.02 Å². The fraction of sp³-hybridized carbons (Fsp3) is 0.250. The van der Waals surface area contributed by atoms with Crippen molar-refractivity contribution in [3.05, 3.63) is 63.9 Å². The van der Waals surface area contributed by atoms with Gasteiger partial charge in [0.25, 0.3) is 0 Å². The number of rotatable bonds is 7. The van der Waals surface area contributed by atoms with Crippen molar-refractivity contribution < 1.29 is 9.53 Å². The lowest BCUT2D eigenvalue weighted by Gasteiger charge is -2.12. The highest BCUT2D eigenvalue weighted by Gasteiger charge is 2.14. The molecule has 0 saturated heterocycles. The second kappa shape index (κ2) is 9.19. The summed E-state index contributed by atoms with van der Waals surface area (Å²) in [6.07, 6.45) is 0. The number of nitrogen functional groups attached to an aromatic ring is 1. The van der Waals surface area contributed by atoms with E-state index in [-0.39, 0.29) is 18.3 Å². The zero-order valence-corrected chi connectivity index (χ0v) is 18.0. The number of nitrogens with one attached hydrogen (secondary N) is 1. The number of benzene rings is 2. The highest BCUT2D eigenvalue weighted by atomic mass is 35.5. The number of nitrogens with zero attached hydrogens (tertiary/aromatic N) is 3. The van der Waals surface area contributed by atoms with Crippen LogP contribution >= 0.6 is 23.4 Å². The summed E-state index contributed by atoms with van der Waals surface area (Å²) >= 11 is 7.07. The van der Waals surface area contributed by atoms with Crippen LogP contribution in [-0.4, -0.2) is 26.5 Å². The molecule has 1 heterocycles. The van der Waals surface area contributed by atoms with Crippen molar-refractivity contribution in [1.82, 2.24) is 14.9 Å². The first kappa shape index (κ1) is 21.0. The lowest BCUT2D eigenvalue weighted by atomic mass is 10.1. The molecule has 3 N–H and O–H groups in total. The molecule has 3 rings (SSSR count). The molecule has 0 unspecified atom stereocenters. The first-order chi connectivity index (χ1) is 13.8. The predicted molar refractivity (Wildman–Crippen MR) is 116 cm³/mol. The van der Waals surface area contributed by atoms with E-state index in [0.717, 1.165) is 22.4 Å². The Hall–Kier alpha value is -2.71. The Bertz CT molecular complexity index is 997. The van der Waals surface area contributed by atoms with E-state index >= 15 is 0 Å². The SMILES string of the molecule is Cc1cc(C)c(NC(=O)CSc2nnc(COc3ccc(Cl)cc3)n2N)c(C)c1. The summed E-state index contributed by atoms with van der Waals surface area (Å²) in [5.41, 5.74) is 4.07. The van der Waals surface area contributed by atoms with Crippen LogP contribution in [0.25, 0.3) is 0 Å². The summed E-state index contributed by atoms with van der Waals surface area (Å²) in [6.45, 7) is 6.14. The summed E-state index contributed by atoms with van der Waals surface area (Å²) in [5, 5.41) is 12.1.